The van der Waals surface area contributed by atoms with Crippen molar-refractivity contribution in [3.8, 4) is 11.3 Å². The van der Waals surface area contributed by atoms with Crippen LogP contribution < -0.4 is 10.6 Å². The molecule has 2 amide bonds. The Labute approximate surface area is 147 Å². The summed E-state index contributed by atoms with van der Waals surface area (Å²) in [5.74, 6) is 0.523. The molecule has 4 nitrogen and oxygen atoms in total. The standard InChI is InChI=1S/C19H25N3OS/c1-13(2)14-8-10-15(11-9-14)17-12-24-19(21-17)22-18(23)20-16-6-4-3-5-7-16/h8-13,16H,3-7H2,1-2H3,(H2,20,21,22,23). The molecule has 1 aromatic heterocycles. The van der Waals surface area contributed by atoms with Crippen molar-refractivity contribution in [1.29, 1.82) is 0 Å². The molecule has 24 heavy (non-hydrogen) atoms. The second kappa shape index (κ2) is 7.79. The summed E-state index contributed by atoms with van der Waals surface area (Å²) in [5, 5.41) is 8.55. The van der Waals surface area contributed by atoms with Crippen molar-refractivity contribution in [3.05, 3.63) is 35.2 Å². The molecular formula is C19H25N3OS. The lowest BCUT2D eigenvalue weighted by molar-refractivity contribution is 0.244. The van der Waals surface area contributed by atoms with Crippen molar-refractivity contribution in [2.45, 2.75) is 57.9 Å². The number of hydrogen-bond donors (Lipinski definition) is 2. The molecule has 0 spiro atoms. The van der Waals surface area contributed by atoms with Gasteiger partial charge in [0.25, 0.3) is 0 Å². The largest absolute Gasteiger partial charge is 0.335 e. The van der Waals surface area contributed by atoms with E-state index in [0.717, 1.165) is 24.1 Å². The van der Waals surface area contributed by atoms with Crippen LogP contribution >= 0.6 is 11.3 Å². The highest BCUT2D eigenvalue weighted by Crippen LogP contribution is 2.26. The maximum atomic E-state index is 12.1. The highest BCUT2D eigenvalue weighted by Gasteiger charge is 2.16. The molecule has 1 aromatic carbocycles. The number of thiazole rings is 1. The topological polar surface area (TPSA) is 54.0 Å². The molecule has 5 heteroatoms. The fourth-order valence-corrected chi connectivity index (χ4v) is 3.78. The van der Waals surface area contributed by atoms with Gasteiger partial charge in [-0.15, -0.1) is 11.3 Å². The number of anilines is 1. The van der Waals surface area contributed by atoms with Crippen molar-refractivity contribution in [2.24, 2.45) is 0 Å². The molecule has 2 aromatic rings. The van der Waals surface area contributed by atoms with Crippen LogP contribution in [0.5, 0.6) is 0 Å². The van der Waals surface area contributed by atoms with Crippen LogP contribution in [0.1, 0.15) is 57.4 Å². The second-order valence-electron chi connectivity index (χ2n) is 6.75. The number of amides is 2. The highest BCUT2D eigenvalue weighted by atomic mass is 32.1. The Kier molecular flexibility index (Phi) is 5.51. The first-order valence-corrected chi connectivity index (χ1v) is 9.63. The third-order valence-electron chi connectivity index (χ3n) is 4.54. The highest BCUT2D eigenvalue weighted by molar-refractivity contribution is 7.14. The molecule has 1 heterocycles. The number of carbonyl (C=O) groups excluding carboxylic acids is 1. The fraction of sp³-hybridized carbons (Fsp3) is 0.474. The van der Waals surface area contributed by atoms with E-state index in [-0.39, 0.29) is 6.03 Å². The maximum absolute atomic E-state index is 12.1. The molecule has 0 unspecified atom stereocenters. The number of benzene rings is 1. The van der Waals surface area contributed by atoms with Crippen LogP contribution in [0.2, 0.25) is 0 Å². The lowest BCUT2D eigenvalue weighted by Gasteiger charge is -2.22. The molecular weight excluding hydrogens is 318 g/mol. The quantitative estimate of drug-likeness (QED) is 0.782. The van der Waals surface area contributed by atoms with Crippen LogP contribution in [0.25, 0.3) is 11.3 Å². The number of aromatic nitrogens is 1. The van der Waals surface area contributed by atoms with Crippen molar-refractivity contribution in [3.63, 3.8) is 0 Å². The lowest BCUT2D eigenvalue weighted by Crippen LogP contribution is -2.38. The Bertz CT molecular complexity index is 672. The van der Waals surface area contributed by atoms with Gasteiger partial charge in [0.05, 0.1) is 5.69 Å². The smallest absolute Gasteiger partial charge is 0.321 e. The number of nitrogens with zero attached hydrogens (tertiary/aromatic N) is 1. The molecule has 0 atom stereocenters. The zero-order valence-corrected chi connectivity index (χ0v) is 15.2. The summed E-state index contributed by atoms with van der Waals surface area (Å²) in [6.07, 6.45) is 5.86. The summed E-state index contributed by atoms with van der Waals surface area (Å²) in [7, 11) is 0. The lowest BCUT2D eigenvalue weighted by atomic mass is 9.96. The summed E-state index contributed by atoms with van der Waals surface area (Å²) in [6, 6.07) is 8.64. The minimum atomic E-state index is -0.141. The Hall–Kier alpha value is -1.88. The maximum Gasteiger partial charge on any atom is 0.321 e. The van der Waals surface area contributed by atoms with Gasteiger partial charge in [-0.3, -0.25) is 5.32 Å². The van der Waals surface area contributed by atoms with E-state index in [2.05, 4.69) is 53.7 Å². The molecule has 0 radical (unpaired) electrons. The Morgan fingerprint density at radius 1 is 1.17 bits per heavy atom. The van der Waals surface area contributed by atoms with Gasteiger partial charge in [0.1, 0.15) is 0 Å². The zero-order valence-electron chi connectivity index (χ0n) is 14.3. The number of carbonyl (C=O) groups is 1. The predicted molar refractivity (Wildman–Crippen MR) is 101 cm³/mol. The SMILES string of the molecule is CC(C)c1ccc(-c2csc(NC(=O)NC3CCCCC3)n2)cc1. The van der Waals surface area contributed by atoms with Crippen molar-refractivity contribution in [2.75, 3.05) is 5.32 Å². The first-order chi connectivity index (χ1) is 11.6. The molecule has 3 rings (SSSR count). The van der Waals surface area contributed by atoms with Gasteiger partial charge < -0.3 is 5.32 Å². The monoisotopic (exact) mass is 343 g/mol. The van der Waals surface area contributed by atoms with Gasteiger partial charge in [-0.25, -0.2) is 9.78 Å². The van der Waals surface area contributed by atoms with Crippen molar-refractivity contribution >= 4 is 22.5 Å². The molecule has 1 aliphatic rings. The Morgan fingerprint density at radius 3 is 2.54 bits per heavy atom. The van der Waals surface area contributed by atoms with E-state index in [9.17, 15) is 4.79 Å². The van der Waals surface area contributed by atoms with E-state index < -0.39 is 0 Å². The van der Waals surface area contributed by atoms with Crippen LogP contribution in [-0.2, 0) is 0 Å². The average Bonchev–Trinajstić information content (AvgIpc) is 3.04. The summed E-state index contributed by atoms with van der Waals surface area (Å²) in [6.45, 7) is 4.37. The summed E-state index contributed by atoms with van der Waals surface area (Å²) < 4.78 is 0. The Morgan fingerprint density at radius 2 is 1.88 bits per heavy atom. The third kappa shape index (κ3) is 4.35. The van der Waals surface area contributed by atoms with E-state index in [1.165, 1.54) is 36.2 Å². The molecule has 2 N–H and O–H groups in total. The van der Waals surface area contributed by atoms with Gasteiger partial charge in [-0.2, -0.15) is 0 Å². The van der Waals surface area contributed by atoms with Crippen LogP contribution in [-0.4, -0.2) is 17.1 Å². The van der Waals surface area contributed by atoms with Crippen LogP contribution in [0.15, 0.2) is 29.6 Å². The number of rotatable bonds is 4. The van der Waals surface area contributed by atoms with E-state index in [0.29, 0.717) is 17.1 Å². The molecule has 128 valence electrons. The van der Waals surface area contributed by atoms with Gasteiger partial charge in [-0.05, 0) is 24.3 Å². The van der Waals surface area contributed by atoms with E-state index in [1.807, 2.05) is 5.38 Å². The van der Waals surface area contributed by atoms with E-state index >= 15 is 0 Å². The summed E-state index contributed by atoms with van der Waals surface area (Å²) in [5.41, 5.74) is 3.30. The minimum Gasteiger partial charge on any atom is -0.335 e. The normalized spacial score (nSPS) is 15.5. The molecule has 0 aliphatic heterocycles. The van der Waals surface area contributed by atoms with Gasteiger partial charge in [0.15, 0.2) is 5.13 Å². The van der Waals surface area contributed by atoms with Gasteiger partial charge in [0, 0.05) is 17.0 Å². The minimum absolute atomic E-state index is 0.141. The fourth-order valence-electron chi connectivity index (χ4n) is 3.07. The summed E-state index contributed by atoms with van der Waals surface area (Å²) in [4.78, 5) is 16.6. The van der Waals surface area contributed by atoms with Crippen LogP contribution in [0.4, 0.5) is 9.93 Å². The molecule has 1 aliphatic carbocycles. The third-order valence-corrected chi connectivity index (χ3v) is 5.30. The van der Waals surface area contributed by atoms with E-state index in [1.54, 1.807) is 0 Å². The first kappa shape index (κ1) is 17.0. The van der Waals surface area contributed by atoms with Crippen molar-refractivity contribution in [1.82, 2.24) is 10.3 Å². The number of nitrogens with one attached hydrogen (secondary N) is 2. The Balaban J connectivity index is 1.59. The van der Waals surface area contributed by atoms with Gasteiger partial charge >= 0.3 is 6.03 Å². The van der Waals surface area contributed by atoms with Crippen LogP contribution in [0, 0.1) is 0 Å². The molecule has 0 saturated heterocycles. The first-order valence-electron chi connectivity index (χ1n) is 8.75. The molecule has 0 bridgehead atoms. The van der Waals surface area contributed by atoms with E-state index in [4.69, 9.17) is 0 Å². The second-order valence-corrected chi connectivity index (χ2v) is 7.61. The zero-order chi connectivity index (χ0) is 16.9. The predicted octanol–water partition coefficient (Wildman–Crippen LogP) is 5.39. The number of urea groups is 1. The molecule has 1 fully saturated rings. The van der Waals surface area contributed by atoms with Crippen molar-refractivity contribution < 1.29 is 4.79 Å². The number of hydrogen-bond acceptors (Lipinski definition) is 3. The average molecular weight is 343 g/mol. The molecule has 1 saturated carbocycles. The van der Waals surface area contributed by atoms with Gasteiger partial charge in [0.2, 0.25) is 0 Å². The van der Waals surface area contributed by atoms with Crippen LogP contribution in [0.3, 0.4) is 0 Å². The summed E-state index contributed by atoms with van der Waals surface area (Å²) >= 11 is 1.46. The van der Waals surface area contributed by atoms with Gasteiger partial charge in [-0.1, -0.05) is 57.4 Å².